The zero-order valence-electron chi connectivity index (χ0n) is 9.99. The van der Waals surface area contributed by atoms with Crippen LogP contribution in [0.5, 0.6) is 0 Å². The van der Waals surface area contributed by atoms with E-state index in [2.05, 4.69) is 21.2 Å². The first-order valence-electron chi connectivity index (χ1n) is 6.15. The fourth-order valence-electron chi connectivity index (χ4n) is 2.55. The van der Waals surface area contributed by atoms with Gasteiger partial charge in [-0.3, -0.25) is 4.90 Å². The summed E-state index contributed by atoms with van der Waals surface area (Å²) in [5.74, 6) is 0. The minimum absolute atomic E-state index is 0.769. The maximum Gasteiger partial charge on any atom is 0.137 e. The van der Waals surface area contributed by atoms with E-state index in [0.717, 1.165) is 36.7 Å². The average molecular weight is 250 g/mol. The van der Waals surface area contributed by atoms with Crippen LogP contribution in [0.2, 0.25) is 5.02 Å². The van der Waals surface area contributed by atoms with E-state index >= 15 is 0 Å². The molecule has 0 aromatic carbocycles. The van der Waals surface area contributed by atoms with Crippen LogP contribution in [0.1, 0.15) is 24.7 Å². The van der Waals surface area contributed by atoms with E-state index in [1.165, 1.54) is 17.8 Å². The third kappa shape index (κ3) is 1.94. The van der Waals surface area contributed by atoms with Crippen LogP contribution < -0.4 is 0 Å². The van der Waals surface area contributed by atoms with E-state index < -0.39 is 0 Å². The van der Waals surface area contributed by atoms with Crippen molar-refractivity contribution in [2.75, 3.05) is 13.1 Å². The van der Waals surface area contributed by atoms with E-state index in [0.29, 0.717) is 0 Å². The molecule has 0 spiro atoms. The molecule has 0 radical (unpaired) electrons. The lowest BCUT2D eigenvalue weighted by atomic mass is 10.1. The highest BCUT2D eigenvalue weighted by Crippen LogP contribution is 2.22. The maximum atomic E-state index is 6.05. The number of hydrogen-bond acceptors (Lipinski definition) is 2. The molecule has 0 aliphatic carbocycles. The summed E-state index contributed by atoms with van der Waals surface area (Å²) in [5, 5.41) is 0.769. The Balaban J connectivity index is 2.04. The first kappa shape index (κ1) is 11.1. The molecule has 1 aliphatic heterocycles. The van der Waals surface area contributed by atoms with Crippen LogP contribution >= 0.6 is 11.6 Å². The molecule has 17 heavy (non-hydrogen) atoms. The molecule has 0 bridgehead atoms. The third-order valence-electron chi connectivity index (χ3n) is 3.34. The molecular weight excluding hydrogens is 234 g/mol. The molecule has 0 saturated heterocycles. The second kappa shape index (κ2) is 4.31. The minimum atomic E-state index is 0.769. The second-order valence-electron chi connectivity index (χ2n) is 4.61. The van der Waals surface area contributed by atoms with Crippen LogP contribution in [0.3, 0.4) is 0 Å². The summed E-state index contributed by atoms with van der Waals surface area (Å²) in [5.41, 5.74) is 3.56. The molecule has 3 heterocycles. The van der Waals surface area contributed by atoms with Crippen LogP contribution in [-0.4, -0.2) is 27.4 Å². The topological polar surface area (TPSA) is 20.5 Å². The number of imidazole rings is 1. The fourth-order valence-corrected chi connectivity index (χ4v) is 2.71. The monoisotopic (exact) mass is 249 g/mol. The molecule has 4 heteroatoms. The van der Waals surface area contributed by atoms with Gasteiger partial charge in [0.05, 0.1) is 16.4 Å². The normalized spacial score (nSPS) is 16.4. The van der Waals surface area contributed by atoms with Gasteiger partial charge in [0.1, 0.15) is 5.65 Å². The number of halogens is 1. The molecule has 2 aromatic rings. The van der Waals surface area contributed by atoms with Crippen LogP contribution in [0.15, 0.2) is 18.3 Å². The van der Waals surface area contributed by atoms with Crippen molar-refractivity contribution in [2.24, 2.45) is 0 Å². The van der Waals surface area contributed by atoms with E-state index in [-0.39, 0.29) is 0 Å². The molecule has 3 nitrogen and oxygen atoms in total. The number of rotatable bonds is 2. The van der Waals surface area contributed by atoms with Gasteiger partial charge in [-0.1, -0.05) is 18.5 Å². The molecular formula is C13H16ClN3. The van der Waals surface area contributed by atoms with Gasteiger partial charge in [-0.05, 0) is 25.1 Å². The summed E-state index contributed by atoms with van der Waals surface area (Å²) in [7, 11) is 0. The molecule has 0 N–H and O–H groups in total. The van der Waals surface area contributed by atoms with E-state index in [1.807, 2.05) is 18.3 Å². The molecule has 2 aromatic heterocycles. The van der Waals surface area contributed by atoms with E-state index in [4.69, 9.17) is 11.6 Å². The Bertz CT molecular complexity index is 547. The van der Waals surface area contributed by atoms with Crippen LogP contribution in [0.4, 0.5) is 0 Å². The van der Waals surface area contributed by atoms with Crippen molar-refractivity contribution < 1.29 is 0 Å². The van der Waals surface area contributed by atoms with Crippen molar-refractivity contribution >= 4 is 17.2 Å². The highest BCUT2D eigenvalue weighted by Gasteiger charge is 2.20. The number of pyridine rings is 1. The predicted octanol–water partition coefficient (Wildman–Crippen LogP) is 2.76. The number of aromatic nitrogens is 2. The summed E-state index contributed by atoms with van der Waals surface area (Å²) < 4.78 is 2.14. The second-order valence-corrected chi connectivity index (χ2v) is 5.04. The summed E-state index contributed by atoms with van der Waals surface area (Å²) in [6.45, 7) is 5.50. The SMILES string of the molecule is CCCN1CCc2nc3ccc(Cl)cn3c2C1. The number of fused-ring (bicyclic) bond motifs is 3. The van der Waals surface area contributed by atoms with E-state index in [9.17, 15) is 0 Å². The van der Waals surface area contributed by atoms with Gasteiger partial charge >= 0.3 is 0 Å². The Morgan fingerprint density at radius 1 is 1.41 bits per heavy atom. The van der Waals surface area contributed by atoms with Gasteiger partial charge in [-0.2, -0.15) is 0 Å². The average Bonchev–Trinajstić information content (AvgIpc) is 2.67. The molecule has 0 amide bonds. The van der Waals surface area contributed by atoms with Gasteiger partial charge in [0.25, 0.3) is 0 Å². The largest absolute Gasteiger partial charge is 0.301 e. The van der Waals surface area contributed by atoms with Crippen molar-refractivity contribution in [1.82, 2.24) is 14.3 Å². The van der Waals surface area contributed by atoms with Gasteiger partial charge in [-0.25, -0.2) is 4.98 Å². The first-order valence-corrected chi connectivity index (χ1v) is 6.53. The van der Waals surface area contributed by atoms with Gasteiger partial charge in [0, 0.05) is 25.7 Å². The molecule has 3 rings (SSSR count). The van der Waals surface area contributed by atoms with Crippen molar-refractivity contribution in [2.45, 2.75) is 26.3 Å². The molecule has 0 unspecified atom stereocenters. The summed E-state index contributed by atoms with van der Waals surface area (Å²) in [6, 6.07) is 3.89. The first-order chi connectivity index (χ1) is 8.28. The molecule has 90 valence electrons. The highest BCUT2D eigenvalue weighted by atomic mass is 35.5. The smallest absolute Gasteiger partial charge is 0.137 e. The van der Waals surface area contributed by atoms with Crippen molar-refractivity contribution in [3.8, 4) is 0 Å². The van der Waals surface area contributed by atoms with Gasteiger partial charge in [0.15, 0.2) is 0 Å². The lowest BCUT2D eigenvalue weighted by Gasteiger charge is -2.25. The summed E-state index contributed by atoms with van der Waals surface area (Å²) >= 11 is 6.05. The number of nitrogens with zero attached hydrogens (tertiary/aromatic N) is 3. The summed E-state index contributed by atoms with van der Waals surface area (Å²) in [4.78, 5) is 7.15. The Hall–Kier alpha value is -1.06. The quantitative estimate of drug-likeness (QED) is 0.816. The molecule has 0 atom stereocenters. The number of hydrogen-bond donors (Lipinski definition) is 0. The Labute approximate surface area is 106 Å². The van der Waals surface area contributed by atoms with Crippen LogP contribution in [-0.2, 0) is 13.0 Å². The van der Waals surface area contributed by atoms with E-state index in [1.54, 1.807) is 0 Å². The lowest BCUT2D eigenvalue weighted by Crippen LogP contribution is -2.31. The minimum Gasteiger partial charge on any atom is -0.301 e. The van der Waals surface area contributed by atoms with Crippen molar-refractivity contribution in [1.29, 1.82) is 0 Å². The van der Waals surface area contributed by atoms with Gasteiger partial charge < -0.3 is 4.40 Å². The lowest BCUT2D eigenvalue weighted by molar-refractivity contribution is 0.249. The van der Waals surface area contributed by atoms with Gasteiger partial charge in [0.2, 0.25) is 0 Å². The molecule has 1 aliphatic rings. The molecule has 0 fully saturated rings. The Morgan fingerprint density at radius 2 is 2.29 bits per heavy atom. The standard InChI is InChI=1S/C13H16ClN3/c1-2-6-16-7-5-11-12(9-16)17-8-10(14)3-4-13(17)15-11/h3-4,8H,2,5-7,9H2,1H3. The third-order valence-corrected chi connectivity index (χ3v) is 3.57. The maximum absolute atomic E-state index is 6.05. The fraction of sp³-hybridized carbons (Fsp3) is 0.462. The Kier molecular flexibility index (Phi) is 2.81. The highest BCUT2D eigenvalue weighted by molar-refractivity contribution is 6.30. The van der Waals surface area contributed by atoms with Crippen LogP contribution in [0, 0.1) is 0 Å². The zero-order chi connectivity index (χ0) is 11.8. The van der Waals surface area contributed by atoms with Crippen LogP contribution in [0.25, 0.3) is 5.65 Å². The predicted molar refractivity (Wildman–Crippen MR) is 69.5 cm³/mol. The van der Waals surface area contributed by atoms with Crippen molar-refractivity contribution in [3.63, 3.8) is 0 Å². The summed E-state index contributed by atoms with van der Waals surface area (Å²) in [6.07, 6.45) is 4.22. The molecule has 0 saturated carbocycles. The zero-order valence-corrected chi connectivity index (χ0v) is 10.7. The van der Waals surface area contributed by atoms with Gasteiger partial charge in [-0.15, -0.1) is 0 Å². The Morgan fingerprint density at radius 3 is 3.12 bits per heavy atom. The van der Waals surface area contributed by atoms with Crippen molar-refractivity contribution in [3.05, 3.63) is 34.7 Å².